The van der Waals surface area contributed by atoms with Crippen LogP contribution in [0, 0.1) is 0 Å². The van der Waals surface area contributed by atoms with Crippen LogP contribution in [0.2, 0.25) is 0 Å². The van der Waals surface area contributed by atoms with Crippen molar-refractivity contribution < 1.29 is 14.6 Å². The molecule has 2 aromatic carbocycles. The molecule has 20 heavy (non-hydrogen) atoms. The molecule has 0 saturated heterocycles. The van der Waals surface area contributed by atoms with E-state index in [-0.39, 0.29) is 5.56 Å². The largest absolute Gasteiger partial charge is 0.489 e. The number of carbonyl (C=O) groups is 1. The highest BCUT2D eigenvalue weighted by Gasteiger charge is 2.10. The molecule has 0 atom stereocenters. The SMILES string of the molecule is C=CCOc1ccc(C(=O)O)cc1Cc1ccccc1. The van der Waals surface area contributed by atoms with Crippen LogP contribution < -0.4 is 4.74 Å². The molecule has 0 aliphatic heterocycles. The van der Waals surface area contributed by atoms with Gasteiger partial charge in [-0.3, -0.25) is 0 Å². The van der Waals surface area contributed by atoms with E-state index in [1.165, 1.54) is 0 Å². The van der Waals surface area contributed by atoms with Crippen LogP contribution in [0.5, 0.6) is 5.75 Å². The summed E-state index contributed by atoms with van der Waals surface area (Å²) < 4.78 is 5.58. The third kappa shape index (κ3) is 3.48. The molecule has 1 N–H and O–H groups in total. The van der Waals surface area contributed by atoms with E-state index in [4.69, 9.17) is 9.84 Å². The van der Waals surface area contributed by atoms with Gasteiger partial charge in [0, 0.05) is 6.42 Å². The average Bonchev–Trinajstić information content (AvgIpc) is 2.47. The number of ether oxygens (including phenoxy) is 1. The van der Waals surface area contributed by atoms with Gasteiger partial charge in [0.05, 0.1) is 5.56 Å². The standard InChI is InChI=1S/C17H16O3/c1-2-10-20-16-9-8-14(17(18)19)12-15(16)11-13-6-4-3-5-7-13/h2-9,12H,1,10-11H2,(H,18,19). The zero-order chi connectivity index (χ0) is 14.4. The van der Waals surface area contributed by atoms with Crippen molar-refractivity contribution in [3.05, 3.63) is 77.9 Å². The second kappa shape index (κ2) is 6.57. The van der Waals surface area contributed by atoms with Crippen LogP contribution in [0.25, 0.3) is 0 Å². The van der Waals surface area contributed by atoms with Crippen molar-refractivity contribution in [3.8, 4) is 5.75 Å². The normalized spacial score (nSPS) is 10.0. The molecular formula is C17H16O3. The monoisotopic (exact) mass is 268 g/mol. The zero-order valence-corrected chi connectivity index (χ0v) is 11.1. The minimum absolute atomic E-state index is 0.266. The molecule has 0 amide bonds. The Morgan fingerprint density at radius 2 is 1.95 bits per heavy atom. The van der Waals surface area contributed by atoms with Gasteiger partial charge in [0.25, 0.3) is 0 Å². The van der Waals surface area contributed by atoms with Crippen molar-refractivity contribution in [2.24, 2.45) is 0 Å². The van der Waals surface area contributed by atoms with Crippen LogP contribution in [-0.4, -0.2) is 17.7 Å². The Balaban J connectivity index is 2.33. The molecule has 0 bridgehead atoms. The van der Waals surface area contributed by atoms with E-state index in [2.05, 4.69) is 6.58 Å². The first kappa shape index (κ1) is 13.9. The summed E-state index contributed by atoms with van der Waals surface area (Å²) in [5.41, 5.74) is 2.23. The Bertz CT molecular complexity index is 603. The van der Waals surface area contributed by atoms with E-state index < -0.39 is 5.97 Å². The third-order valence-corrected chi connectivity index (χ3v) is 2.90. The lowest BCUT2D eigenvalue weighted by molar-refractivity contribution is 0.0696. The predicted octanol–water partition coefficient (Wildman–Crippen LogP) is 3.54. The molecular weight excluding hydrogens is 252 g/mol. The van der Waals surface area contributed by atoms with Crippen LogP contribution in [0.4, 0.5) is 0 Å². The second-order valence-corrected chi connectivity index (χ2v) is 4.39. The highest BCUT2D eigenvalue weighted by atomic mass is 16.5. The molecule has 3 heteroatoms. The number of hydrogen-bond donors (Lipinski definition) is 1. The maximum Gasteiger partial charge on any atom is 0.335 e. The Morgan fingerprint density at radius 1 is 1.20 bits per heavy atom. The lowest BCUT2D eigenvalue weighted by Crippen LogP contribution is -2.02. The van der Waals surface area contributed by atoms with E-state index in [9.17, 15) is 4.79 Å². The number of carboxylic acid groups (broad SMARTS) is 1. The van der Waals surface area contributed by atoms with Crippen LogP contribution >= 0.6 is 0 Å². The lowest BCUT2D eigenvalue weighted by Gasteiger charge is -2.11. The van der Waals surface area contributed by atoms with E-state index in [0.717, 1.165) is 11.1 Å². The van der Waals surface area contributed by atoms with Gasteiger partial charge < -0.3 is 9.84 Å². The molecule has 0 aliphatic rings. The summed E-state index contributed by atoms with van der Waals surface area (Å²) in [6, 6.07) is 14.8. The van der Waals surface area contributed by atoms with Crippen molar-refractivity contribution in [2.45, 2.75) is 6.42 Å². The van der Waals surface area contributed by atoms with Gasteiger partial charge in [-0.05, 0) is 29.3 Å². The maximum absolute atomic E-state index is 11.1. The highest BCUT2D eigenvalue weighted by molar-refractivity contribution is 5.88. The smallest absolute Gasteiger partial charge is 0.335 e. The van der Waals surface area contributed by atoms with Crippen molar-refractivity contribution in [3.63, 3.8) is 0 Å². The molecule has 0 fully saturated rings. The molecule has 0 aromatic heterocycles. The van der Waals surface area contributed by atoms with E-state index in [0.29, 0.717) is 18.8 Å². The number of aromatic carboxylic acids is 1. The fourth-order valence-electron chi connectivity index (χ4n) is 1.96. The summed E-state index contributed by atoms with van der Waals surface area (Å²) in [5.74, 6) is -0.242. The molecule has 0 radical (unpaired) electrons. The van der Waals surface area contributed by atoms with Crippen molar-refractivity contribution in [1.82, 2.24) is 0 Å². The predicted molar refractivity (Wildman–Crippen MR) is 78.3 cm³/mol. The third-order valence-electron chi connectivity index (χ3n) is 2.90. The van der Waals surface area contributed by atoms with Gasteiger partial charge in [0.2, 0.25) is 0 Å². The number of carboxylic acids is 1. The van der Waals surface area contributed by atoms with E-state index in [1.807, 2.05) is 30.3 Å². The molecule has 2 aromatic rings. The first-order chi connectivity index (χ1) is 9.70. The van der Waals surface area contributed by atoms with Crippen LogP contribution in [0.15, 0.2) is 61.2 Å². The number of hydrogen-bond acceptors (Lipinski definition) is 2. The fourth-order valence-corrected chi connectivity index (χ4v) is 1.96. The van der Waals surface area contributed by atoms with Gasteiger partial charge >= 0.3 is 5.97 Å². The number of rotatable bonds is 6. The molecule has 0 heterocycles. The minimum Gasteiger partial charge on any atom is -0.489 e. The summed E-state index contributed by atoms with van der Waals surface area (Å²) in [6.07, 6.45) is 2.30. The Labute approximate surface area is 118 Å². The fraction of sp³-hybridized carbons (Fsp3) is 0.118. The van der Waals surface area contributed by atoms with Gasteiger partial charge in [-0.25, -0.2) is 4.79 Å². The summed E-state index contributed by atoms with van der Waals surface area (Å²) in [4.78, 5) is 11.1. The zero-order valence-electron chi connectivity index (χ0n) is 11.1. The first-order valence-electron chi connectivity index (χ1n) is 6.34. The second-order valence-electron chi connectivity index (χ2n) is 4.39. The van der Waals surface area contributed by atoms with Gasteiger partial charge in [0.15, 0.2) is 0 Å². The Hall–Kier alpha value is -2.55. The van der Waals surface area contributed by atoms with Crippen LogP contribution in [0.1, 0.15) is 21.5 Å². The highest BCUT2D eigenvalue weighted by Crippen LogP contribution is 2.23. The maximum atomic E-state index is 11.1. The average molecular weight is 268 g/mol. The summed E-state index contributed by atoms with van der Waals surface area (Å²) in [5, 5.41) is 9.09. The van der Waals surface area contributed by atoms with Crippen molar-refractivity contribution in [1.29, 1.82) is 0 Å². The molecule has 0 spiro atoms. The first-order valence-corrected chi connectivity index (χ1v) is 6.34. The summed E-state index contributed by atoms with van der Waals surface area (Å²) >= 11 is 0. The van der Waals surface area contributed by atoms with Crippen LogP contribution in [-0.2, 0) is 6.42 Å². The molecule has 0 saturated carbocycles. The van der Waals surface area contributed by atoms with Gasteiger partial charge in [-0.2, -0.15) is 0 Å². The van der Waals surface area contributed by atoms with E-state index >= 15 is 0 Å². The van der Waals surface area contributed by atoms with Gasteiger partial charge in [0.1, 0.15) is 12.4 Å². The Kier molecular flexibility index (Phi) is 4.56. The molecule has 2 rings (SSSR count). The quantitative estimate of drug-likeness (QED) is 0.815. The molecule has 3 nitrogen and oxygen atoms in total. The lowest BCUT2D eigenvalue weighted by atomic mass is 10.0. The van der Waals surface area contributed by atoms with Crippen LogP contribution in [0.3, 0.4) is 0 Å². The topological polar surface area (TPSA) is 46.5 Å². The summed E-state index contributed by atoms with van der Waals surface area (Å²) in [6.45, 7) is 4.01. The molecule has 0 aliphatic carbocycles. The van der Waals surface area contributed by atoms with Gasteiger partial charge in [-0.15, -0.1) is 0 Å². The Morgan fingerprint density at radius 3 is 2.60 bits per heavy atom. The minimum atomic E-state index is -0.936. The van der Waals surface area contributed by atoms with E-state index in [1.54, 1.807) is 24.3 Å². The van der Waals surface area contributed by atoms with Gasteiger partial charge in [-0.1, -0.05) is 43.0 Å². The molecule has 0 unspecified atom stereocenters. The summed E-state index contributed by atoms with van der Waals surface area (Å²) in [7, 11) is 0. The molecule has 102 valence electrons. The van der Waals surface area contributed by atoms with Crippen molar-refractivity contribution >= 4 is 5.97 Å². The van der Waals surface area contributed by atoms with Crippen molar-refractivity contribution in [2.75, 3.05) is 6.61 Å². The number of benzene rings is 2.